The van der Waals surface area contributed by atoms with Gasteiger partial charge in [-0.1, -0.05) is 0 Å². The van der Waals surface area contributed by atoms with E-state index in [4.69, 9.17) is 15.3 Å². The van der Waals surface area contributed by atoms with Gasteiger partial charge in [-0.15, -0.1) is 12.4 Å². The molecule has 0 unspecified atom stereocenters. The summed E-state index contributed by atoms with van der Waals surface area (Å²) in [6.07, 6.45) is 0. The summed E-state index contributed by atoms with van der Waals surface area (Å²) < 4.78 is 0. The molecular formula is H2ClFNO3-. The Morgan fingerprint density at radius 3 is 1.33 bits per heavy atom. The lowest BCUT2D eigenvalue weighted by molar-refractivity contribution is -0.402. The molecule has 0 aliphatic carbocycles. The fourth-order valence-electron chi connectivity index (χ4n) is 0. The van der Waals surface area contributed by atoms with E-state index >= 15 is 0 Å². The molecule has 4 nitrogen and oxygen atoms in total. The summed E-state index contributed by atoms with van der Waals surface area (Å²) in [6, 6.07) is 0. The maximum absolute atomic E-state index is 8.25. The molecule has 0 radical (unpaired) electrons. The van der Waals surface area contributed by atoms with Crippen molar-refractivity contribution < 1.29 is 9.79 Å². The molecule has 40 valence electrons. The number of nitrogens with zero attached hydrogens (tertiary/aromatic N) is 1. The lowest BCUT2D eigenvalue weighted by Gasteiger charge is -1.74. The van der Waals surface area contributed by atoms with Crippen molar-refractivity contribution in [3.63, 3.8) is 0 Å². The van der Waals surface area contributed by atoms with Crippen LogP contribution in [-0.4, -0.2) is 5.09 Å². The Morgan fingerprint density at radius 1 is 1.33 bits per heavy atom. The molecule has 0 bridgehead atoms. The smallest absolute Gasteiger partial charge is 0.0689 e. The van der Waals surface area contributed by atoms with Crippen LogP contribution >= 0.6 is 12.4 Å². The van der Waals surface area contributed by atoms with Crippen molar-refractivity contribution in [2.45, 2.75) is 0 Å². The molecule has 0 aromatic carbocycles. The van der Waals surface area contributed by atoms with Crippen molar-refractivity contribution in [2.75, 3.05) is 0 Å². The highest BCUT2D eigenvalue weighted by atomic mass is 35.5. The summed E-state index contributed by atoms with van der Waals surface area (Å²) in [5.41, 5.74) is 0. The first-order chi connectivity index (χ1) is 1.73. The van der Waals surface area contributed by atoms with Crippen molar-refractivity contribution in [1.29, 1.82) is 0 Å². The van der Waals surface area contributed by atoms with Crippen LogP contribution in [0.15, 0.2) is 0 Å². The summed E-state index contributed by atoms with van der Waals surface area (Å²) >= 11 is 0. The van der Waals surface area contributed by atoms with Crippen LogP contribution in [0.4, 0.5) is 4.70 Å². The summed E-state index contributed by atoms with van der Waals surface area (Å²) in [4.78, 5) is 8.25. The molecule has 0 aromatic heterocycles. The lowest BCUT2D eigenvalue weighted by atomic mass is 13.1. The maximum Gasteiger partial charge on any atom is 0.0689 e. The van der Waals surface area contributed by atoms with Gasteiger partial charge in [0.05, 0.1) is 5.09 Å². The second-order valence-corrected chi connectivity index (χ2v) is 0.224. The SMILES string of the molecule is Cl.F.O=[N+]([O-])[O-]. The van der Waals surface area contributed by atoms with Crippen molar-refractivity contribution in [2.24, 2.45) is 0 Å². The molecule has 6 heavy (non-hydrogen) atoms. The van der Waals surface area contributed by atoms with E-state index in [0.29, 0.717) is 0 Å². The lowest BCUT2D eigenvalue weighted by Crippen LogP contribution is -1.74. The Kier molecular flexibility index (Phi) is 26.6. The quantitative estimate of drug-likeness (QED) is 0.340. The zero-order valence-corrected chi connectivity index (χ0v) is 3.30. The van der Waals surface area contributed by atoms with Gasteiger partial charge in [0.2, 0.25) is 0 Å². The molecule has 0 atom stereocenters. The van der Waals surface area contributed by atoms with Gasteiger partial charge in [0.15, 0.2) is 0 Å². The van der Waals surface area contributed by atoms with Gasteiger partial charge >= 0.3 is 0 Å². The Hall–Kier alpha value is -0.580. The van der Waals surface area contributed by atoms with Crippen LogP contribution in [0.1, 0.15) is 0 Å². The van der Waals surface area contributed by atoms with Crippen LogP contribution in [-0.2, 0) is 0 Å². The molecule has 6 heteroatoms. The van der Waals surface area contributed by atoms with E-state index in [2.05, 4.69) is 0 Å². The van der Waals surface area contributed by atoms with Crippen molar-refractivity contribution in [1.82, 2.24) is 0 Å². The van der Waals surface area contributed by atoms with E-state index in [-0.39, 0.29) is 17.1 Å². The first-order valence-corrected chi connectivity index (χ1v) is 0.548. The van der Waals surface area contributed by atoms with E-state index < -0.39 is 5.09 Å². The molecule has 0 rings (SSSR count). The minimum Gasteiger partial charge on any atom is -0.356 e. The second-order valence-electron chi connectivity index (χ2n) is 0.224. The Labute approximate surface area is 38.7 Å². The van der Waals surface area contributed by atoms with Crippen molar-refractivity contribution >= 4 is 12.4 Å². The van der Waals surface area contributed by atoms with Gasteiger partial charge in [0.25, 0.3) is 0 Å². The van der Waals surface area contributed by atoms with Gasteiger partial charge in [0, 0.05) is 0 Å². The van der Waals surface area contributed by atoms with E-state index in [1.807, 2.05) is 0 Å². The molecule has 0 amide bonds. The Balaban J connectivity index is -0.0000000450. The summed E-state index contributed by atoms with van der Waals surface area (Å²) in [5, 5.41) is 14.8. The molecule has 0 fully saturated rings. The van der Waals surface area contributed by atoms with Gasteiger partial charge < -0.3 is 15.3 Å². The molecule has 0 saturated heterocycles. The minimum atomic E-state index is -1.75. The topological polar surface area (TPSA) is 66.2 Å². The van der Waals surface area contributed by atoms with Gasteiger partial charge in [-0.05, 0) is 0 Å². The molecule has 0 aromatic rings. The fourth-order valence-corrected chi connectivity index (χ4v) is 0. The standard InChI is InChI=1S/ClH.FH.NO3/c;;2-1(3)4/h2*1H;/q;;-1. The van der Waals surface area contributed by atoms with Crippen LogP contribution < -0.4 is 0 Å². The van der Waals surface area contributed by atoms with Crippen LogP contribution in [0.5, 0.6) is 0 Å². The van der Waals surface area contributed by atoms with E-state index in [9.17, 15) is 0 Å². The molecule has 0 aliphatic rings. The third-order valence-corrected chi connectivity index (χ3v) is 0. The largest absolute Gasteiger partial charge is 0.356 e. The zero-order chi connectivity index (χ0) is 3.58. The average molecular weight is 118 g/mol. The second kappa shape index (κ2) is 8.83. The Bertz CT molecular complexity index is 33.8. The highest BCUT2D eigenvalue weighted by Gasteiger charge is 1.45. The highest BCUT2D eigenvalue weighted by molar-refractivity contribution is 5.85. The number of hydrogen-bond acceptors (Lipinski definition) is 3. The monoisotopic (exact) mass is 118 g/mol. The zero-order valence-electron chi connectivity index (χ0n) is 2.49. The van der Waals surface area contributed by atoms with Gasteiger partial charge in [0.1, 0.15) is 0 Å². The van der Waals surface area contributed by atoms with Crippen LogP contribution in [0.2, 0.25) is 0 Å². The van der Waals surface area contributed by atoms with E-state index in [1.165, 1.54) is 0 Å². The van der Waals surface area contributed by atoms with Gasteiger partial charge in [-0.2, -0.15) is 0 Å². The summed E-state index contributed by atoms with van der Waals surface area (Å²) in [7, 11) is 0. The van der Waals surface area contributed by atoms with Crippen LogP contribution in [0, 0.1) is 15.3 Å². The average Bonchev–Trinajstić information content (AvgIpc) is 0.811. The molecular weight excluding hydrogens is 116 g/mol. The first kappa shape index (κ1) is 18.1. The van der Waals surface area contributed by atoms with Gasteiger partial charge in [-0.3, -0.25) is 4.70 Å². The minimum absolute atomic E-state index is 0. The summed E-state index contributed by atoms with van der Waals surface area (Å²) in [6.45, 7) is 0. The van der Waals surface area contributed by atoms with Crippen LogP contribution in [0.3, 0.4) is 0 Å². The fraction of sp³-hybridized carbons (Fsp3) is 0. The highest BCUT2D eigenvalue weighted by Crippen LogP contribution is 1.44. The van der Waals surface area contributed by atoms with Gasteiger partial charge in [-0.25, -0.2) is 0 Å². The Morgan fingerprint density at radius 2 is 1.33 bits per heavy atom. The van der Waals surface area contributed by atoms with E-state index in [1.54, 1.807) is 0 Å². The molecule has 0 spiro atoms. The number of halogens is 2. The molecule has 0 saturated carbocycles. The third kappa shape index (κ3) is 59.5. The molecule has 0 N–H and O–H groups in total. The normalized spacial score (nSPS) is 4.00. The predicted octanol–water partition coefficient (Wildman–Crippen LogP) is 0.335. The number of rotatable bonds is 0. The molecule has 0 heterocycles. The van der Waals surface area contributed by atoms with Crippen molar-refractivity contribution in [3.05, 3.63) is 15.3 Å². The number of hydrogen-bond donors (Lipinski definition) is 0. The van der Waals surface area contributed by atoms with Crippen molar-refractivity contribution in [3.8, 4) is 0 Å². The maximum atomic E-state index is 8.25. The predicted molar refractivity (Wildman–Crippen MR) is 20.1 cm³/mol. The third-order valence-electron chi connectivity index (χ3n) is 0. The summed E-state index contributed by atoms with van der Waals surface area (Å²) in [5.74, 6) is 0. The van der Waals surface area contributed by atoms with E-state index in [0.717, 1.165) is 0 Å². The first-order valence-electron chi connectivity index (χ1n) is 0.548. The molecule has 0 aliphatic heterocycles. The van der Waals surface area contributed by atoms with Crippen LogP contribution in [0.25, 0.3) is 0 Å².